The number of nitrogens with one attached hydrogen (secondary N) is 1. The Morgan fingerprint density at radius 2 is 2.07 bits per heavy atom. The molecule has 5 aromatic rings. The number of fused-ring (bicyclic) bond motifs is 5. The zero-order valence-electron chi connectivity index (χ0n) is 25.1. The molecule has 1 aromatic carbocycles. The van der Waals surface area contributed by atoms with Gasteiger partial charge in [0, 0.05) is 32.0 Å². The van der Waals surface area contributed by atoms with Crippen LogP contribution >= 0.6 is 15.9 Å². The molecule has 3 fully saturated rings. The van der Waals surface area contributed by atoms with Gasteiger partial charge in [0.1, 0.15) is 23.0 Å². The van der Waals surface area contributed by atoms with Crippen LogP contribution in [0.15, 0.2) is 21.7 Å². The molecule has 0 amide bonds. The maximum atomic E-state index is 14.8. The van der Waals surface area contributed by atoms with Crippen molar-refractivity contribution in [3.8, 4) is 11.7 Å². The van der Waals surface area contributed by atoms with Gasteiger partial charge in [-0.05, 0) is 73.1 Å². The average Bonchev–Trinajstić information content (AvgIpc) is 3.79. The summed E-state index contributed by atoms with van der Waals surface area (Å²) in [6.45, 7) is 3.27. The van der Waals surface area contributed by atoms with Crippen molar-refractivity contribution in [1.82, 2.24) is 39.0 Å². The maximum Gasteiger partial charge on any atom is 0.418 e. The van der Waals surface area contributed by atoms with Crippen LogP contribution < -0.4 is 10.3 Å². The van der Waals surface area contributed by atoms with Crippen LogP contribution in [0.1, 0.15) is 55.9 Å². The first kappa shape index (κ1) is 29.9. The van der Waals surface area contributed by atoms with Gasteiger partial charge in [-0.2, -0.15) is 28.4 Å². The van der Waals surface area contributed by atoms with Gasteiger partial charge in [-0.15, -0.1) is 0 Å². The molecular formula is C30H31BrF4N8O3. The van der Waals surface area contributed by atoms with Crippen molar-refractivity contribution in [3.05, 3.63) is 38.3 Å². The maximum absolute atomic E-state index is 14.8. The highest BCUT2D eigenvalue weighted by molar-refractivity contribution is 9.10. The first-order valence-corrected chi connectivity index (χ1v) is 16.1. The summed E-state index contributed by atoms with van der Waals surface area (Å²) >= 11 is 3.42. The van der Waals surface area contributed by atoms with E-state index in [2.05, 4.69) is 41.0 Å². The van der Waals surface area contributed by atoms with Gasteiger partial charge in [0.15, 0.2) is 11.9 Å². The zero-order valence-corrected chi connectivity index (χ0v) is 26.7. The number of aryl methyl sites for hydroxylation is 2. The molecule has 0 saturated carbocycles. The van der Waals surface area contributed by atoms with Crippen molar-refractivity contribution in [1.29, 1.82) is 0 Å². The topological polar surface area (TPSA) is 108 Å². The molecule has 3 aliphatic rings. The number of alkyl halides is 4. The molecule has 0 radical (unpaired) electrons. The summed E-state index contributed by atoms with van der Waals surface area (Å²) in [4.78, 5) is 22.9. The van der Waals surface area contributed by atoms with Crippen LogP contribution in [0.25, 0.3) is 38.7 Å². The van der Waals surface area contributed by atoms with Gasteiger partial charge in [0.2, 0.25) is 0 Å². The highest BCUT2D eigenvalue weighted by Gasteiger charge is 2.49. The van der Waals surface area contributed by atoms with E-state index in [9.17, 15) is 22.4 Å². The number of hydrogen-bond donors (Lipinski definition) is 1. The minimum atomic E-state index is -4.73. The van der Waals surface area contributed by atoms with Gasteiger partial charge in [-0.3, -0.25) is 14.7 Å². The smallest absolute Gasteiger partial charge is 0.418 e. The Kier molecular flexibility index (Phi) is 6.82. The van der Waals surface area contributed by atoms with E-state index >= 15 is 0 Å². The van der Waals surface area contributed by atoms with Crippen LogP contribution in [0, 0.1) is 6.92 Å². The Balaban J connectivity index is 1.30. The minimum Gasteiger partial charge on any atom is -0.463 e. The Morgan fingerprint density at radius 1 is 1.24 bits per heavy atom. The van der Waals surface area contributed by atoms with Gasteiger partial charge in [0.05, 0.1) is 39.3 Å². The van der Waals surface area contributed by atoms with Gasteiger partial charge >= 0.3 is 6.18 Å². The molecule has 3 aliphatic heterocycles. The molecule has 3 saturated heterocycles. The van der Waals surface area contributed by atoms with E-state index in [1.807, 2.05) is 0 Å². The summed E-state index contributed by atoms with van der Waals surface area (Å²) in [6, 6.07) is 1.45. The molecule has 0 spiro atoms. The third-order valence-electron chi connectivity index (χ3n) is 9.82. The van der Waals surface area contributed by atoms with Crippen molar-refractivity contribution in [3.63, 3.8) is 0 Å². The van der Waals surface area contributed by atoms with Gasteiger partial charge in [0.25, 0.3) is 11.6 Å². The number of benzene rings is 1. The number of H-pyrrole nitrogens is 1. The number of aromatic nitrogens is 7. The van der Waals surface area contributed by atoms with Crippen molar-refractivity contribution in [2.24, 2.45) is 7.05 Å². The van der Waals surface area contributed by atoms with Gasteiger partial charge in [-0.1, -0.05) is 0 Å². The first-order chi connectivity index (χ1) is 22.0. The SMILES string of the molecule is Cc1cc2c(cnn2C2CCCCO2)c(-n2nc(Br)c3c4c(=O)[nH]c(OC[C@@]56CCCN5C[C@H](F)C6)nc4n(C)c32)c1C(F)(F)F. The summed E-state index contributed by atoms with van der Waals surface area (Å²) in [7, 11) is 1.62. The number of aromatic amines is 1. The van der Waals surface area contributed by atoms with Crippen molar-refractivity contribution in [2.45, 2.75) is 69.6 Å². The zero-order chi connectivity index (χ0) is 32.1. The fourth-order valence-corrected chi connectivity index (χ4v) is 8.35. The summed E-state index contributed by atoms with van der Waals surface area (Å²) in [5.74, 6) is 0. The molecule has 16 heteroatoms. The standard InChI is InChI=1S/C30H31BrF4N8O3/c1-15-10-18-17(12-36-42(18)19-6-3-4-9-45-19)23(22(15)30(33,34)35)43-27-20(24(31)39-43)21-25(40(27)2)37-28(38-26(21)44)46-14-29-7-5-8-41(29)13-16(32)11-29/h10,12,16,19H,3-9,11,13-14H2,1-2H3,(H,37,38,44)/t16-,19?,29+/m1/s1. The number of ether oxygens (including phenoxy) is 2. The van der Waals surface area contributed by atoms with Crippen molar-refractivity contribution < 1.29 is 27.0 Å². The molecular weight excluding hydrogens is 676 g/mol. The first-order valence-electron chi connectivity index (χ1n) is 15.4. The molecule has 0 aliphatic carbocycles. The van der Waals surface area contributed by atoms with Crippen LogP contribution in [0.3, 0.4) is 0 Å². The fraction of sp³-hybridized carbons (Fsp3) is 0.533. The fourth-order valence-electron chi connectivity index (χ4n) is 7.81. The van der Waals surface area contributed by atoms with Crippen LogP contribution in [-0.2, 0) is 18.0 Å². The number of hydrogen-bond acceptors (Lipinski definition) is 7. The van der Waals surface area contributed by atoms with Crippen molar-refractivity contribution in [2.75, 3.05) is 26.3 Å². The van der Waals surface area contributed by atoms with E-state index in [4.69, 9.17) is 9.47 Å². The third-order valence-corrected chi connectivity index (χ3v) is 10.4. The molecule has 4 aromatic heterocycles. The quantitative estimate of drug-likeness (QED) is 0.234. The molecule has 8 rings (SSSR count). The van der Waals surface area contributed by atoms with Gasteiger partial charge in [-0.25, -0.2) is 13.8 Å². The number of rotatable bonds is 5. The Labute approximate surface area is 267 Å². The highest BCUT2D eigenvalue weighted by Crippen LogP contribution is 2.44. The third kappa shape index (κ3) is 4.43. The van der Waals surface area contributed by atoms with Crippen LogP contribution in [-0.4, -0.2) is 77.0 Å². The molecule has 1 unspecified atom stereocenters. The van der Waals surface area contributed by atoms with Crippen LogP contribution in [0.4, 0.5) is 17.6 Å². The lowest BCUT2D eigenvalue weighted by Gasteiger charge is -2.30. The lowest BCUT2D eigenvalue weighted by Crippen LogP contribution is -2.43. The van der Waals surface area contributed by atoms with E-state index in [0.29, 0.717) is 36.9 Å². The Morgan fingerprint density at radius 3 is 2.83 bits per heavy atom. The van der Waals surface area contributed by atoms with E-state index in [1.165, 1.54) is 23.9 Å². The van der Waals surface area contributed by atoms with Crippen LogP contribution in [0.2, 0.25) is 0 Å². The summed E-state index contributed by atoms with van der Waals surface area (Å²) < 4.78 is 75.2. The molecule has 7 heterocycles. The Hall–Kier alpha value is -3.50. The van der Waals surface area contributed by atoms with E-state index in [0.717, 1.165) is 32.2 Å². The normalized spacial score (nSPS) is 24.2. The number of halogens is 5. The monoisotopic (exact) mass is 706 g/mol. The largest absolute Gasteiger partial charge is 0.463 e. The molecule has 1 N–H and O–H groups in total. The van der Waals surface area contributed by atoms with Crippen LogP contribution in [0.5, 0.6) is 6.01 Å². The minimum absolute atomic E-state index is 0.000479. The second-order valence-electron chi connectivity index (χ2n) is 12.7. The molecule has 46 heavy (non-hydrogen) atoms. The highest BCUT2D eigenvalue weighted by atomic mass is 79.9. The molecule has 11 nitrogen and oxygen atoms in total. The summed E-state index contributed by atoms with van der Waals surface area (Å²) in [6.07, 6.45) is -0.0445. The summed E-state index contributed by atoms with van der Waals surface area (Å²) in [5.41, 5.74) is -1.13. The molecule has 244 valence electrons. The second kappa shape index (κ2) is 10.5. The molecule has 3 atom stereocenters. The predicted octanol–water partition coefficient (Wildman–Crippen LogP) is 5.69. The lowest BCUT2D eigenvalue weighted by atomic mass is 9.95. The van der Waals surface area contributed by atoms with E-state index in [-0.39, 0.29) is 50.5 Å². The Bertz CT molecular complexity index is 2080. The second-order valence-corrected chi connectivity index (χ2v) is 13.4. The number of nitrogens with zero attached hydrogens (tertiary/aromatic N) is 7. The van der Waals surface area contributed by atoms with Crippen molar-refractivity contribution >= 4 is 48.9 Å². The average molecular weight is 708 g/mol. The van der Waals surface area contributed by atoms with E-state index in [1.54, 1.807) is 16.3 Å². The molecule has 0 bridgehead atoms. The van der Waals surface area contributed by atoms with Gasteiger partial charge < -0.3 is 14.0 Å². The predicted molar refractivity (Wildman–Crippen MR) is 164 cm³/mol. The lowest BCUT2D eigenvalue weighted by molar-refractivity contribution is -0.137. The van der Waals surface area contributed by atoms with E-state index < -0.39 is 35.2 Å². The summed E-state index contributed by atoms with van der Waals surface area (Å²) in [5, 5.41) is 9.68.